The van der Waals surface area contributed by atoms with Gasteiger partial charge in [-0.3, -0.25) is 0 Å². The van der Waals surface area contributed by atoms with Crippen molar-refractivity contribution in [1.82, 2.24) is 0 Å². The van der Waals surface area contributed by atoms with Crippen LogP contribution in [0.25, 0.3) is 0 Å². The Morgan fingerprint density at radius 3 is 1.92 bits per heavy atom. The highest BCUT2D eigenvalue weighted by Gasteiger charge is 2.51. The summed E-state index contributed by atoms with van der Waals surface area (Å²) >= 11 is 0. The first-order valence-corrected chi connectivity index (χ1v) is 5.47. The maximum absolute atomic E-state index is 2.42. The molecular weight excluding hydrogens is 156 g/mol. The van der Waals surface area contributed by atoms with Gasteiger partial charge >= 0.3 is 0 Å². The summed E-state index contributed by atoms with van der Waals surface area (Å²) in [5.41, 5.74) is 0.913. The lowest BCUT2D eigenvalue weighted by atomic mass is 9.65. The van der Waals surface area contributed by atoms with Crippen LogP contribution in [-0.4, -0.2) is 0 Å². The van der Waals surface area contributed by atoms with Crippen LogP contribution in [0, 0.1) is 22.7 Å². The van der Waals surface area contributed by atoms with Gasteiger partial charge in [-0.2, -0.15) is 0 Å². The molecule has 0 aromatic carbocycles. The smallest absolute Gasteiger partial charge is 0.0174 e. The van der Waals surface area contributed by atoms with E-state index < -0.39 is 0 Å². The van der Waals surface area contributed by atoms with Gasteiger partial charge in [0.25, 0.3) is 0 Å². The molecule has 0 spiro atoms. The van der Waals surface area contributed by atoms with E-state index in [1.165, 1.54) is 6.42 Å². The number of rotatable bonds is 1. The van der Waals surface area contributed by atoms with E-state index in [4.69, 9.17) is 0 Å². The summed E-state index contributed by atoms with van der Waals surface area (Å²) in [6.45, 7) is 14.2. The Morgan fingerprint density at radius 2 is 1.62 bits per heavy atom. The van der Waals surface area contributed by atoms with Crippen molar-refractivity contribution < 1.29 is 0 Å². The molecule has 0 nitrogen and oxygen atoms in total. The highest BCUT2D eigenvalue weighted by Crippen LogP contribution is 2.58. The fourth-order valence-electron chi connectivity index (χ4n) is 2.63. The standard InChI is InChI=1S/C13H24/c1-7-8-11-9-10(2)12(3,4)13(11,5)6/h7-8,10-11H,9H2,1-6H3/b8-7+. The summed E-state index contributed by atoms with van der Waals surface area (Å²) in [6, 6.07) is 0. The minimum atomic E-state index is 0.443. The zero-order valence-electron chi connectivity index (χ0n) is 10.0. The zero-order chi connectivity index (χ0) is 10.3. The largest absolute Gasteiger partial charge is 0.0914 e. The molecule has 13 heavy (non-hydrogen) atoms. The number of hydrogen-bond acceptors (Lipinski definition) is 0. The third-order valence-corrected chi connectivity index (χ3v) is 4.85. The van der Waals surface area contributed by atoms with Crippen LogP contribution in [0.2, 0.25) is 0 Å². The van der Waals surface area contributed by atoms with Gasteiger partial charge in [0.1, 0.15) is 0 Å². The lowest BCUT2D eigenvalue weighted by Gasteiger charge is -2.40. The van der Waals surface area contributed by atoms with E-state index in [2.05, 4.69) is 53.7 Å². The number of hydrogen-bond donors (Lipinski definition) is 0. The highest BCUT2D eigenvalue weighted by atomic mass is 14.6. The van der Waals surface area contributed by atoms with E-state index in [-0.39, 0.29) is 0 Å². The Labute approximate surface area is 83.4 Å². The van der Waals surface area contributed by atoms with E-state index in [1.54, 1.807) is 0 Å². The second-order valence-electron chi connectivity index (χ2n) is 5.71. The molecule has 0 amide bonds. The summed E-state index contributed by atoms with van der Waals surface area (Å²) in [6.07, 6.45) is 5.95. The lowest BCUT2D eigenvalue weighted by molar-refractivity contribution is 0.0967. The van der Waals surface area contributed by atoms with Crippen LogP contribution in [0.3, 0.4) is 0 Å². The Morgan fingerprint density at radius 1 is 1.08 bits per heavy atom. The van der Waals surface area contributed by atoms with Crippen LogP contribution < -0.4 is 0 Å². The molecular formula is C13H24. The van der Waals surface area contributed by atoms with E-state index in [0.717, 1.165) is 11.8 Å². The summed E-state index contributed by atoms with van der Waals surface area (Å²) < 4.78 is 0. The van der Waals surface area contributed by atoms with E-state index in [1.807, 2.05) is 0 Å². The van der Waals surface area contributed by atoms with E-state index >= 15 is 0 Å². The third kappa shape index (κ3) is 1.45. The average molecular weight is 180 g/mol. The van der Waals surface area contributed by atoms with Gasteiger partial charge in [0, 0.05) is 0 Å². The molecule has 1 aliphatic carbocycles. The minimum absolute atomic E-state index is 0.443. The topological polar surface area (TPSA) is 0 Å². The van der Waals surface area contributed by atoms with Crippen LogP contribution in [0.4, 0.5) is 0 Å². The van der Waals surface area contributed by atoms with Gasteiger partial charge in [0.2, 0.25) is 0 Å². The molecule has 1 saturated carbocycles. The molecule has 0 heterocycles. The highest BCUT2D eigenvalue weighted by molar-refractivity contribution is 5.07. The molecule has 0 aliphatic heterocycles. The lowest BCUT2D eigenvalue weighted by Crippen LogP contribution is -2.33. The van der Waals surface area contributed by atoms with Gasteiger partial charge in [0.05, 0.1) is 0 Å². The van der Waals surface area contributed by atoms with Crippen LogP contribution in [0.1, 0.15) is 48.0 Å². The van der Waals surface area contributed by atoms with Crippen LogP contribution >= 0.6 is 0 Å². The fraction of sp³-hybridized carbons (Fsp3) is 0.846. The molecule has 0 aromatic rings. The molecule has 0 N–H and O–H groups in total. The Balaban J connectivity index is 2.97. The molecule has 0 aromatic heterocycles. The Bertz CT molecular complexity index is 208. The van der Waals surface area contributed by atoms with Gasteiger partial charge in [0.15, 0.2) is 0 Å². The molecule has 0 radical (unpaired) electrons. The second-order valence-corrected chi connectivity index (χ2v) is 5.71. The van der Waals surface area contributed by atoms with Crippen molar-refractivity contribution in [1.29, 1.82) is 0 Å². The maximum atomic E-state index is 2.42. The molecule has 0 saturated heterocycles. The van der Waals surface area contributed by atoms with Gasteiger partial charge in [-0.05, 0) is 36.0 Å². The maximum Gasteiger partial charge on any atom is -0.0174 e. The van der Waals surface area contributed by atoms with Gasteiger partial charge < -0.3 is 0 Å². The predicted octanol–water partition coefficient (Wildman–Crippen LogP) is 4.27. The molecule has 1 aliphatic rings. The quantitative estimate of drug-likeness (QED) is 0.529. The summed E-state index contributed by atoms with van der Waals surface area (Å²) in [5.74, 6) is 1.60. The first-order chi connectivity index (χ1) is 5.84. The number of allylic oxidation sites excluding steroid dienone is 2. The fourth-order valence-corrected chi connectivity index (χ4v) is 2.63. The van der Waals surface area contributed by atoms with E-state index in [0.29, 0.717) is 10.8 Å². The average Bonchev–Trinajstić information content (AvgIpc) is 2.14. The van der Waals surface area contributed by atoms with Crippen LogP contribution in [0.5, 0.6) is 0 Å². The van der Waals surface area contributed by atoms with Crippen LogP contribution in [0.15, 0.2) is 12.2 Å². The van der Waals surface area contributed by atoms with Crippen molar-refractivity contribution in [3.8, 4) is 0 Å². The third-order valence-electron chi connectivity index (χ3n) is 4.85. The normalized spacial score (nSPS) is 37.1. The molecule has 1 rings (SSSR count). The van der Waals surface area contributed by atoms with Crippen molar-refractivity contribution in [2.24, 2.45) is 22.7 Å². The van der Waals surface area contributed by atoms with E-state index in [9.17, 15) is 0 Å². The van der Waals surface area contributed by atoms with Crippen molar-refractivity contribution in [2.75, 3.05) is 0 Å². The van der Waals surface area contributed by atoms with Crippen molar-refractivity contribution >= 4 is 0 Å². The molecule has 76 valence electrons. The van der Waals surface area contributed by atoms with Gasteiger partial charge in [-0.25, -0.2) is 0 Å². The first-order valence-electron chi connectivity index (χ1n) is 5.47. The molecule has 2 atom stereocenters. The van der Waals surface area contributed by atoms with Gasteiger partial charge in [-0.1, -0.05) is 46.8 Å². The van der Waals surface area contributed by atoms with Crippen molar-refractivity contribution in [3.63, 3.8) is 0 Å². The summed E-state index contributed by atoms with van der Waals surface area (Å²) in [5, 5.41) is 0. The zero-order valence-corrected chi connectivity index (χ0v) is 10.0. The molecule has 0 heteroatoms. The predicted molar refractivity (Wildman–Crippen MR) is 59.6 cm³/mol. The SMILES string of the molecule is C/C=C/C1CC(C)C(C)(C)C1(C)C. The minimum Gasteiger partial charge on any atom is -0.0914 e. The Kier molecular flexibility index (Phi) is 2.62. The second kappa shape index (κ2) is 3.15. The summed E-state index contributed by atoms with van der Waals surface area (Å²) in [4.78, 5) is 0. The molecule has 0 bridgehead atoms. The molecule has 1 fully saturated rings. The van der Waals surface area contributed by atoms with Crippen molar-refractivity contribution in [2.45, 2.75) is 48.0 Å². The van der Waals surface area contributed by atoms with Crippen LogP contribution in [-0.2, 0) is 0 Å². The van der Waals surface area contributed by atoms with Crippen molar-refractivity contribution in [3.05, 3.63) is 12.2 Å². The monoisotopic (exact) mass is 180 g/mol. The molecule has 2 unspecified atom stereocenters. The Hall–Kier alpha value is -0.260. The first kappa shape index (κ1) is 10.8. The summed E-state index contributed by atoms with van der Waals surface area (Å²) in [7, 11) is 0. The van der Waals surface area contributed by atoms with Gasteiger partial charge in [-0.15, -0.1) is 0 Å².